The maximum absolute atomic E-state index is 14.1. The SMILES string of the molecule is CCCCCCCCCCCCCCCCN(CCCCCCCCCCCCCCCC)C(=O)C(CCCCN)NC(=O)CCCCC[N+](C)(C)C.[Br-]. The molecule has 0 spiro atoms. The molecule has 0 saturated heterocycles. The van der Waals surface area contributed by atoms with Gasteiger partial charge in [0.25, 0.3) is 0 Å². The molecule has 0 aliphatic carbocycles. The topological polar surface area (TPSA) is 75.4 Å². The summed E-state index contributed by atoms with van der Waals surface area (Å²) in [5, 5.41) is 3.19. The summed E-state index contributed by atoms with van der Waals surface area (Å²) < 4.78 is 0.957. The highest BCUT2D eigenvalue weighted by Crippen LogP contribution is 2.16. The van der Waals surface area contributed by atoms with Crippen molar-refractivity contribution in [2.24, 2.45) is 5.73 Å². The smallest absolute Gasteiger partial charge is 0.245 e. The zero-order valence-electron chi connectivity index (χ0n) is 37.3. The standard InChI is InChI=1S/C47H96N4O2.BrH/c1-6-8-10-12-14-16-18-20-22-24-26-28-30-36-42-50(43-37-31-29-27-25-23-21-19-17-15-13-11-9-7-2)47(53)45(39-34-35-41-48)49-46(52)40-33-32-38-44-51(3,4)5;/h45H,6-44,48H2,1-5H3;1H. The van der Waals surface area contributed by atoms with Gasteiger partial charge < -0.3 is 37.4 Å². The Morgan fingerprint density at radius 1 is 0.500 bits per heavy atom. The molecule has 0 aromatic rings. The summed E-state index contributed by atoms with van der Waals surface area (Å²) in [5.41, 5.74) is 5.83. The molecule has 0 fully saturated rings. The third-order valence-electron chi connectivity index (χ3n) is 11.2. The van der Waals surface area contributed by atoms with Crippen molar-refractivity contribution in [2.75, 3.05) is 47.3 Å². The Bertz CT molecular complexity index is 758. The minimum absolute atomic E-state index is 0. The predicted molar refractivity (Wildman–Crippen MR) is 233 cm³/mol. The van der Waals surface area contributed by atoms with Crippen LogP contribution in [0.1, 0.15) is 239 Å². The van der Waals surface area contributed by atoms with E-state index in [1.54, 1.807) is 0 Å². The lowest BCUT2D eigenvalue weighted by Gasteiger charge is -2.28. The minimum atomic E-state index is -0.418. The fourth-order valence-electron chi connectivity index (χ4n) is 7.61. The number of amides is 2. The van der Waals surface area contributed by atoms with Crippen LogP contribution in [0.3, 0.4) is 0 Å². The second-order valence-electron chi connectivity index (χ2n) is 17.7. The monoisotopic (exact) mass is 829 g/mol. The molecule has 54 heavy (non-hydrogen) atoms. The van der Waals surface area contributed by atoms with Gasteiger partial charge in [-0.1, -0.05) is 181 Å². The highest BCUT2D eigenvalue weighted by Gasteiger charge is 2.25. The lowest BCUT2D eigenvalue weighted by molar-refractivity contribution is -0.870. The molecule has 7 heteroatoms. The number of halogens is 1. The van der Waals surface area contributed by atoms with Gasteiger partial charge in [-0.25, -0.2) is 0 Å². The number of nitrogens with zero attached hydrogens (tertiary/aromatic N) is 2. The zero-order valence-corrected chi connectivity index (χ0v) is 38.9. The van der Waals surface area contributed by atoms with Crippen molar-refractivity contribution in [2.45, 2.75) is 245 Å². The molecule has 0 saturated carbocycles. The zero-order chi connectivity index (χ0) is 39.1. The minimum Gasteiger partial charge on any atom is -1.00 e. The van der Waals surface area contributed by atoms with E-state index in [1.807, 2.05) is 0 Å². The van der Waals surface area contributed by atoms with E-state index in [1.165, 1.54) is 167 Å². The molecule has 0 radical (unpaired) electrons. The first kappa shape index (κ1) is 55.4. The number of hydrogen-bond acceptors (Lipinski definition) is 3. The van der Waals surface area contributed by atoms with Crippen LogP contribution in [0.25, 0.3) is 0 Å². The van der Waals surface area contributed by atoms with Crippen molar-refractivity contribution in [1.82, 2.24) is 10.2 Å². The van der Waals surface area contributed by atoms with Crippen LogP contribution in [-0.4, -0.2) is 74.6 Å². The van der Waals surface area contributed by atoms with Gasteiger partial charge in [0.2, 0.25) is 11.8 Å². The van der Waals surface area contributed by atoms with Gasteiger partial charge in [0.1, 0.15) is 6.04 Å². The summed E-state index contributed by atoms with van der Waals surface area (Å²) in [6.07, 6.45) is 43.6. The number of rotatable bonds is 42. The molecule has 2 amide bonds. The summed E-state index contributed by atoms with van der Waals surface area (Å²) in [6.45, 7) is 7.97. The Balaban J connectivity index is 0. The lowest BCUT2D eigenvalue weighted by Crippen LogP contribution is -3.00. The number of nitrogens with two attached hydrogens (primary N) is 1. The summed E-state index contributed by atoms with van der Waals surface area (Å²) in [6, 6.07) is -0.418. The van der Waals surface area contributed by atoms with E-state index in [0.717, 1.165) is 69.1 Å². The van der Waals surface area contributed by atoms with Crippen LogP contribution in [0.15, 0.2) is 0 Å². The van der Waals surface area contributed by atoms with Gasteiger partial charge in [0, 0.05) is 19.5 Å². The van der Waals surface area contributed by atoms with Crippen LogP contribution in [0.2, 0.25) is 0 Å². The van der Waals surface area contributed by atoms with Crippen molar-refractivity contribution in [3.63, 3.8) is 0 Å². The van der Waals surface area contributed by atoms with E-state index in [-0.39, 0.29) is 28.8 Å². The maximum atomic E-state index is 14.1. The molecule has 6 nitrogen and oxygen atoms in total. The number of quaternary nitrogens is 1. The van der Waals surface area contributed by atoms with Crippen molar-refractivity contribution in [3.05, 3.63) is 0 Å². The van der Waals surface area contributed by atoms with Crippen LogP contribution in [0, 0.1) is 0 Å². The van der Waals surface area contributed by atoms with Gasteiger partial charge in [0.05, 0.1) is 27.7 Å². The Morgan fingerprint density at radius 2 is 0.852 bits per heavy atom. The summed E-state index contributed by atoms with van der Waals surface area (Å²) in [5.74, 6) is 0.180. The maximum Gasteiger partial charge on any atom is 0.245 e. The van der Waals surface area contributed by atoms with Crippen molar-refractivity contribution in [3.8, 4) is 0 Å². The summed E-state index contributed by atoms with van der Waals surface area (Å²) in [4.78, 5) is 29.2. The van der Waals surface area contributed by atoms with Crippen LogP contribution in [0.5, 0.6) is 0 Å². The second kappa shape index (κ2) is 42.0. The highest BCUT2D eigenvalue weighted by atomic mass is 79.9. The Hall–Kier alpha value is -0.660. The normalized spacial score (nSPS) is 12.1. The molecule has 1 atom stereocenters. The number of carbonyl (C=O) groups is 2. The number of nitrogens with one attached hydrogen (secondary N) is 1. The van der Waals surface area contributed by atoms with Crippen LogP contribution < -0.4 is 28.0 Å². The van der Waals surface area contributed by atoms with E-state index in [0.29, 0.717) is 19.4 Å². The van der Waals surface area contributed by atoms with Gasteiger partial charge in [0.15, 0.2) is 0 Å². The van der Waals surface area contributed by atoms with Gasteiger partial charge in [-0.15, -0.1) is 0 Å². The molecule has 1 unspecified atom stereocenters. The molecule has 0 aliphatic heterocycles. The Kier molecular flexibility index (Phi) is 43.1. The molecule has 0 aromatic heterocycles. The molecular formula is C47H97BrN4O2. The molecule has 0 bridgehead atoms. The van der Waals surface area contributed by atoms with E-state index in [2.05, 4.69) is 45.2 Å². The van der Waals surface area contributed by atoms with Gasteiger partial charge in [-0.2, -0.15) is 0 Å². The fourth-order valence-corrected chi connectivity index (χ4v) is 7.61. The lowest BCUT2D eigenvalue weighted by atomic mass is 10.0. The highest BCUT2D eigenvalue weighted by molar-refractivity contribution is 5.87. The van der Waals surface area contributed by atoms with Gasteiger partial charge in [-0.05, 0) is 57.9 Å². The van der Waals surface area contributed by atoms with Crippen LogP contribution in [0.4, 0.5) is 0 Å². The van der Waals surface area contributed by atoms with E-state index in [4.69, 9.17) is 5.73 Å². The molecule has 0 aromatic carbocycles. The molecule has 0 rings (SSSR count). The van der Waals surface area contributed by atoms with Crippen molar-refractivity contribution >= 4 is 11.8 Å². The predicted octanol–water partition coefficient (Wildman–Crippen LogP) is 9.66. The average Bonchev–Trinajstić information content (AvgIpc) is 3.13. The second-order valence-corrected chi connectivity index (χ2v) is 17.7. The Labute approximate surface area is 349 Å². The third-order valence-corrected chi connectivity index (χ3v) is 11.2. The van der Waals surface area contributed by atoms with Gasteiger partial charge >= 0.3 is 0 Å². The molecule has 324 valence electrons. The summed E-state index contributed by atoms with van der Waals surface area (Å²) in [7, 11) is 6.65. The first-order valence-electron chi connectivity index (χ1n) is 23.8. The van der Waals surface area contributed by atoms with Crippen LogP contribution >= 0.6 is 0 Å². The number of hydrogen-bond donors (Lipinski definition) is 2. The van der Waals surface area contributed by atoms with Gasteiger partial charge in [-0.3, -0.25) is 9.59 Å². The first-order chi connectivity index (χ1) is 25.7. The first-order valence-corrected chi connectivity index (χ1v) is 23.8. The van der Waals surface area contributed by atoms with Crippen molar-refractivity contribution in [1.29, 1.82) is 0 Å². The summed E-state index contributed by atoms with van der Waals surface area (Å²) >= 11 is 0. The largest absolute Gasteiger partial charge is 1.00 e. The Morgan fingerprint density at radius 3 is 1.20 bits per heavy atom. The van der Waals surface area contributed by atoms with Crippen molar-refractivity contribution < 1.29 is 31.1 Å². The number of carbonyl (C=O) groups excluding carboxylic acids is 2. The molecule has 0 aliphatic rings. The average molecular weight is 830 g/mol. The molecule has 0 heterocycles. The van der Waals surface area contributed by atoms with E-state index in [9.17, 15) is 9.59 Å². The fraction of sp³-hybridized carbons (Fsp3) is 0.957. The quantitative estimate of drug-likeness (QED) is 0.0476. The van der Waals surface area contributed by atoms with Crippen LogP contribution in [-0.2, 0) is 9.59 Å². The number of unbranched alkanes of at least 4 members (excludes halogenated alkanes) is 29. The van der Waals surface area contributed by atoms with E-state index >= 15 is 0 Å². The molecule has 3 N–H and O–H groups in total. The van der Waals surface area contributed by atoms with E-state index < -0.39 is 6.04 Å². The third kappa shape index (κ3) is 39.6. The molecular weight excluding hydrogens is 732 g/mol.